The lowest BCUT2D eigenvalue weighted by molar-refractivity contribution is -0.116. The van der Waals surface area contributed by atoms with Crippen LogP contribution < -0.4 is 15.5 Å². The van der Waals surface area contributed by atoms with E-state index in [1.807, 2.05) is 74.8 Å². The summed E-state index contributed by atoms with van der Waals surface area (Å²) in [5.74, 6) is -0.0566. The summed E-state index contributed by atoms with van der Waals surface area (Å²) < 4.78 is 2.19. The maximum Gasteiger partial charge on any atom is 0.226 e. The molecule has 0 spiro atoms. The molecule has 1 aliphatic heterocycles. The van der Waals surface area contributed by atoms with Gasteiger partial charge in [0.25, 0.3) is 0 Å². The molecule has 1 amide bonds. The number of carbonyl (C=O) groups is 1. The highest BCUT2D eigenvalue weighted by Crippen LogP contribution is 2.39. The lowest BCUT2D eigenvalue weighted by Crippen LogP contribution is -2.33. The highest BCUT2D eigenvalue weighted by Gasteiger charge is 2.41. The highest BCUT2D eigenvalue weighted by atomic mass is 32.1. The molecular weight excluding hydrogens is 528 g/mol. The predicted octanol–water partition coefficient (Wildman–Crippen LogP) is 6.09. The van der Waals surface area contributed by atoms with E-state index < -0.39 is 0 Å². The van der Waals surface area contributed by atoms with Gasteiger partial charge in [-0.15, -0.1) is 0 Å². The first-order valence-electron chi connectivity index (χ1n) is 13.7. The van der Waals surface area contributed by atoms with Crippen LogP contribution in [0.1, 0.15) is 29.9 Å². The number of nitrogens with one attached hydrogen (secondary N) is 2. The molecule has 0 aliphatic carbocycles. The van der Waals surface area contributed by atoms with Gasteiger partial charge in [0.2, 0.25) is 5.91 Å². The molecule has 0 unspecified atom stereocenters. The first kappa shape index (κ1) is 26.5. The minimum Gasteiger partial charge on any atom is -0.378 e. The topological polar surface area (TPSA) is 65.4 Å². The van der Waals surface area contributed by atoms with Gasteiger partial charge in [0, 0.05) is 67.6 Å². The fourth-order valence-corrected chi connectivity index (χ4v) is 5.85. The van der Waals surface area contributed by atoms with Crippen LogP contribution >= 0.6 is 12.2 Å². The van der Waals surface area contributed by atoms with Gasteiger partial charge in [-0.05, 0) is 72.2 Å². The number of rotatable bonds is 8. The Kier molecular flexibility index (Phi) is 7.39. The second kappa shape index (κ2) is 11.4. The third-order valence-corrected chi connectivity index (χ3v) is 7.92. The molecule has 1 fully saturated rings. The molecule has 0 radical (unpaired) electrons. The van der Waals surface area contributed by atoms with Crippen LogP contribution in [-0.4, -0.2) is 46.1 Å². The Hall–Kier alpha value is -4.69. The second-order valence-corrected chi connectivity index (χ2v) is 10.7. The zero-order chi connectivity index (χ0) is 28.3. The molecule has 6 rings (SSSR count). The van der Waals surface area contributed by atoms with E-state index in [0.717, 1.165) is 39.2 Å². The molecule has 3 heterocycles. The summed E-state index contributed by atoms with van der Waals surface area (Å²) in [6.07, 6.45) is 4.16. The van der Waals surface area contributed by atoms with E-state index in [-0.39, 0.29) is 24.4 Å². The Morgan fingerprint density at radius 2 is 1.73 bits per heavy atom. The Morgan fingerprint density at radius 1 is 0.951 bits per heavy atom. The van der Waals surface area contributed by atoms with Gasteiger partial charge in [0.15, 0.2) is 5.11 Å². The number of pyridine rings is 1. The largest absolute Gasteiger partial charge is 0.378 e. The van der Waals surface area contributed by atoms with Crippen LogP contribution in [0.5, 0.6) is 0 Å². The Bertz CT molecular complexity index is 1680. The van der Waals surface area contributed by atoms with Crippen molar-refractivity contribution in [2.45, 2.75) is 18.5 Å². The Labute approximate surface area is 245 Å². The maximum absolute atomic E-state index is 13.2. The average Bonchev–Trinajstić information content (AvgIpc) is 3.61. The summed E-state index contributed by atoms with van der Waals surface area (Å²) in [5.41, 5.74) is 4.98. The van der Waals surface area contributed by atoms with Crippen molar-refractivity contribution < 1.29 is 4.79 Å². The van der Waals surface area contributed by atoms with Gasteiger partial charge in [-0.3, -0.25) is 9.78 Å². The molecule has 8 heteroatoms. The number of anilines is 2. The normalized spacial score (nSPS) is 16.5. The van der Waals surface area contributed by atoms with Gasteiger partial charge in [0.1, 0.15) is 0 Å². The van der Waals surface area contributed by atoms with Crippen LogP contribution in [0.2, 0.25) is 0 Å². The van der Waals surface area contributed by atoms with Gasteiger partial charge in [-0.2, -0.15) is 0 Å². The summed E-state index contributed by atoms with van der Waals surface area (Å²) in [6.45, 7) is 0.460. The van der Waals surface area contributed by atoms with Crippen molar-refractivity contribution in [3.63, 3.8) is 0 Å². The monoisotopic (exact) mass is 560 g/mol. The summed E-state index contributed by atoms with van der Waals surface area (Å²) in [6, 6.07) is 32.2. The van der Waals surface area contributed by atoms with Crippen molar-refractivity contribution in [1.82, 2.24) is 19.8 Å². The van der Waals surface area contributed by atoms with Crippen LogP contribution in [0.25, 0.3) is 16.5 Å². The van der Waals surface area contributed by atoms with Gasteiger partial charge in [0.05, 0.1) is 17.8 Å². The number of aromatic nitrogens is 2. The van der Waals surface area contributed by atoms with Crippen molar-refractivity contribution in [3.05, 3.63) is 121 Å². The molecule has 2 atom stereocenters. The van der Waals surface area contributed by atoms with Crippen molar-refractivity contribution >= 4 is 45.4 Å². The van der Waals surface area contributed by atoms with E-state index in [2.05, 4.69) is 72.6 Å². The van der Waals surface area contributed by atoms with Gasteiger partial charge >= 0.3 is 0 Å². The average molecular weight is 561 g/mol. The minimum atomic E-state index is -0.167. The van der Waals surface area contributed by atoms with Crippen molar-refractivity contribution in [2.24, 2.45) is 0 Å². The highest BCUT2D eigenvalue weighted by molar-refractivity contribution is 7.80. The molecule has 0 bridgehead atoms. The van der Waals surface area contributed by atoms with E-state index in [0.29, 0.717) is 11.7 Å². The number of nitrogens with zero attached hydrogens (tertiary/aromatic N) is 4. The zero-order valence-corrected chi connectivity index (χ0v) is 23.9. The fourth-order valence-electron chi connectivity index (χ4n) is 5.52. The Morgan fingerprint density at radius 3 is 2.51 bits per heavy atom. The van der Waals surface area contributed by atoms with Gasteiger partial charge in [-0.25, -0.2) is 0 Å². The molecule has 206 valence electrons. The molecule has 1 saturated heterocycles. The number of fused-ring (bicyclic) bond motifs is 1. The number of hydrogen-bond donors (Lipinski definition) is 2. The maximum atomic E-state index is 13.2. The van der Waals surface area contributed by atoms with E-state index in [1.165, 1.54) is 0 Å². The predicted molar refractivity (Wildman–Crippen MR) is 169 cm³/mol. The molecule has 2 aromatic heterocycles. The van der Waals surface area contributed by atoms with E-state index in [4.69, 9.17) is 12.2 Å². The summed E-state index contributed by atoms with van der Waals surface area (Å²) in [7, 11) is 4.07. The summed E-state index contributed by atoms with van der Waals surface area (Å²) in [5, 5.41) is 9.34. The first-order chi connectivity index (χ1) is 20.0. The summed E-state index contributed by atoms with van der Waals surface area (Å²) in [4.78, 5) is 22.1. The molecule has 5 aromatic rings. The van der Waals surface area contributed by atoms with Gasteiger partial charge < -0.3 is 25.0 Å². The van der Waals surface area contributed by atoms with E-state index in [1.54, 1.807) is 6.20 Å². The minimum absolute atomic E-state index is 0.0566. The van der Waals surface area contributed by atoms with Crippen LogP contribution in [-0.2, 0) is 4.79 Å². The van der Waals surface area contributed by atoms with Crippen molar-refractivity contribution in [1.29, 1.82) is 0 Å². The second-order valence-electron chi connectivity index (χ2n) is 10.4. The quantitative estimate of drug-likeness (QED) is 0.224. The van der Waals surface area contributed by atoms with Crippen LogP contribution in [0.15, 0.2) is 109 Å². The van der Waals surface area contributed by atoms with Crippen LogP contribution in [0.4, 0.5) is 11.4 Å². The van der Waals surface area contributed by atoms with Crippen LogP contribution in [0.3, 0.4) is 0 Å². The zero-order valence-electron chi connectivity index (χ0n) is 23.1. The standard InChI is InChI=1S/C33H32N6OS/c1-37(2)24-15-17-25(18-16-24)38-21-8-14-29(38)32-31(28-12-5-6-20-34-28)36-33(41)39(32)22-19-30(40)35-27-13-7-10-23-9-3-4-11-26(23)27/h3-18,20-21,31-32H,19,22H2,1-2H3,(H,35,40)(H,36,41)/t31-,32+/m1/s1. The third kappa shape index (κ3) is 5.38. The summed E-state index contributed by atoms with van der Waals surface area (Å²) >= 11 is 5.86. The number of amides is 1. The SMILES string of the molecule is CN(C)c1ccc(-n2cccc2[C@H]2[C@@H](c3ccccn3)NC(=S)N2CCC(=O)Nc2cccc3ccccc23)cc1. The lowest BCUT2D eigenvalue weighted by Gasteiger charge is -2.29. The lowest BCUT2D eigenvalue weighted by atomic mass is 10.0. The van der Waals surface area contributed by atoms with Crippen molar-refractivity contribution in [2.75, 3.05) is 30.9 Å². The molecule has 7 nitrogen and oxygen atoms in total. The van der Waals surface area contributed by atoms with Gasteiger partial charge in [-0.1, -0.05) is 42.5 Å². The fraction of sp³-hybridized carbons (Fsp3) is 0.182. The number of hydrogen-bond acceptors (Lipinski definition) is 4. The molecule has 1 aliphatic rings. The van der Waals surface area contributed by atoms with E-state index >= 15 is 0 Å². The van der Waals surface area contributed by atoms with Crippen molar-refractivity contribution in [3.8, 4) is 5.69 Å². The first-order valence-corrected chi connectivity index (χ1v) is 14.1. The smallest absolute Gasteiger partial charge is 0.226 e. The van der Waals surface area contributed by atoms with Crippen LogP contribution in [0, 0.1) is 0 Å². The molecule has 41 heavy (non-hydrogen) atoms. The number of carbonyl (C=O) groups excluding carboxylic acids is 1. The number of benzene rings is 3. The Balaban J connectivity index is 1.28. The molecule has 0 saturated carbocycles. The third-order valence-electron chi connectivity index (χ3n) is 7.57. The molecule has 2 N–H and O–H groups in total. The molecular formula is C33H32N6OS. The number of thiocarbonyl (C=S) groups is 1. The molecule has 3 aromatic carbocycles. The van der Waals surface area contributed by atoms with E-state index in [9.17, 15) is 4.79 Å².